The Balaban J connectivity index is 2.22. The standard InChI is InChI=1S/C11H23N3O2/c1-13(2)8-9-14(3)11(15)16-10-4-6-12-7-5-10/h10,12H,4-9H2,1-3H3. The van der Waals surface area contributed by atoms with Crippen LogP contribution in [0.3, 0.4) is 0 Å². The number of hydrogen-bond donors (Lipinski definition) is 1. The highest BCUT2D eigenvalue weighted by Gasteiger charge is 2.19. The second-order valence-corrected chi connectivity index (χ2v) is 4.56. The number of carbonyl (C=O) groups excluding carboxylic acids is 1. The molecule has 5 nitrogen and oxygen atoms in total. The van der Waals surface area contributed by atoms with Crippen LogP contribution in [0, 0.1) is 0 Å². The average molecular weight is 229 g/mol. The van der Waals surface area contributed by atoms with Gasteiger partial charge in [0, 0.05) is 20.1 Å². The lowest BCUT2D eigenvalue weighted by Gasteiger charge is -2.26. The smallest absolute Gasteiger partial charge is 0.409 e. The number of nitrogens with zero attached hydrogens (tertiary/aromatic N) is 2. The van der Waals surface area contributed by atoms with Gasteiger partial charge in [-0.05, 0) is 40.0 Å². The van der Waals surface area contributed by atoms with Gasteiger partial charge in [-0.25, -0.2) is 4.79 Å². The molecule has 1 fully saturated rings. The molecule has 1 rings (SSSR count). The van der Waals surface area contributed by atoms with Crippen molar-refractivity contribution < 1.29 is 9.53 Å². The monoisotopic (exact) mass is 229 g/mol. The minimum Gasteiger partial charge on any atom is -0.446 e. The SMILES string of the molecule is CN(C)CCN(C)C(=O)OC1CCNCC1. The van der Waals surface area contributed by atoms with E-state index in [1.54, 1.807) is 11.9 Å². The minimum atomic E-state index is -0.200. The van der Waals surface area contributed by atoms with E-state index < -0.39 is 0 Å². The van der Waals surface area contributed by atoms with Gasteiger partial charge in [0.05, 0.1) is 0 Å². The first-order valence-corrected chi connectivity index (χ1v) is 5.87. The summed E-state index contributed by atoms with van der Waals surface area (Å²) in [6.45, 7) is 3.45. The zero-order valence-electron chi connectivity index (χ0n) is 10.5. The van der Waals surface area contributed by atoms with E-state index in [9.17, 15) is 4.79 Å². The summed E-state index contributed by atoms with van der Waals surface area (Å²) in [6.07, 6.45) is 1.74. The second-order valence-electron chi connectivity index (χ2n) is 4.56. The fraction of sp³-hybridized carbons (Fsp3) is 0.909. The number of likely N-dealkylation sites (N-methyl/N-ethyl adjacent to an activating group) is 2. The Morgan fingerprint density at radius 2 is 1.88 bits per heavy atom. The maximum atomic E-state index is 11.7. The Bertz CT molecular complexity index is 215. The molecule has 0 saturated carbocycles. The van der Waals surface area contributed by atoms with E-state index in [1.807, 2.05) is 19.0 Å². The molecule has 0 radical (unpaired) electrons. The van der Waals surface area contributed by atoms with Gasteiger partial charge in [0.15, 0.2) is 0 Å². The molecule has 0 unspecified atom stereocenters. The highest BCUT2D eigenvalue weighted by atomic mass is 16.6. The molecule has 0 atom stereocenters. The summed E-state index contributed by atoms with van der Waals surface area (Å²) in [7, 11) is 5.77. The molecule has 1 amide bonds. The van der Waals surface area contributed by atoms with Gasteiger partial charge in [0.2, 0.25) is 0 Å². The predicted molar refractivity (Wildman–Crippen MR) is 63.6 cm³/mol. The zero-order valence-corrected chi connectivity index (χ0v) is 10.5. The summed E-state index contributed by atoms with van der Waals surface area (Å²) in [5, 5.41) is 3.25. The summed E-state index contributed by atoms with van der Waals surface area (Å²) >= 11 is 0. The molecule has 0 aliphatic carbocycles. The number of hydrogen-bond acceptors (Lipinski definition) is 4. The lowest BCUT2D eigenvalue weighted by molar-refractivity contribution is 0.0535. The molecule has 1 saturated heterocycles. The van der Waals surface area contributed by atoms with Crippen LogP contribution in [0.5, 0.6) is 0 Å². The van der Waals surface area contributed by atoms with Crippen molar-refractivity contribution in [1.82, 2.24) is 15.1 Å². The number of rotatable bonds is 4. The Kier molecular flexibility index (Phi) is 5.55. The van der Waals surface area contributed by atoms with Crippen molar-refractivity contribution in [2.24, 2.45) is 0 Å². The highest BCUT2D eigenvalue weighted by molar-refractivity contribution is 5.67. The van der Waals surface area contributed by atoms with E-state index in [0.29, 0.717) is 6.54 Å². The first kappa shape index (κ1) is 13.3. The van der Waals surface area contributed by atoms with E-state index in [1.165, 1.54) is 0 Å². The molecule has 16 heavy (non-hydrogen) atoms. The van der Waals surface area contributed by atoms with Crippen molar-refractivity contribution in [3.05, 3.63) is 0 Å². The van der Waals surface area contributed by atoms with E-state index in [2.05, 4.69) is 5.32 Å². The van der Waals surface area contributed by atoms with E-state index in [-0.39, 0.29) is 12.2 Å². The molecule has 0 aromatic rings. The number of nitrogens with one attached hydrogen (secondary N) is 1. The van der Waals surface area contributed by atoms with Gasteiger partial charge >= 0.3 is 6.09 Å². The Labute approximate surface area is 97.7 Å². The van der Waals surface area contributed by atoms with Gasteiger partial charge in [-0.1, -0.05) is 0 Å². The number of amides is 1. The Morgan fingerprint density at radius 1 is 1.25 bits per heavy atom. The van der Waals surface area contributed by atoms with Gasteiger partial charge < -0.3 is 19.9 Å². The summed E-state index contributed by atoms with van der Waals surface area (Å²) in [4.78, 5) is 15.4. The van der Waals surface area contributed by atoms with E-state index in [4.69, 9.17) is 4.74 Å². The molecule has 0 aromatic carbocycles. The molecular formula is C11H23N3O2. The van der Waals surface area contributed by atoms with E-state index >= 15 is 0 Å². The second kappa shape index (κ2) is 6.70. The van der Waals surface area contributed by atoms with Crippen molar-refractivity contribution in [3.63, 3.8) is 0 Å². The average Bonchev–Trinajstić information content (AvgIpc) is 2.27. The third kappa shape index (κ3) is 4.81. The molecule has 1 N–H and O–H groups in total. The number of carbonyl (C=O) groups is 1. The molecule has 1 heterocycles. The van der Waals surface area contributed by atoms with Crippen LogP contribution in [0.1, 0.15) is 12.8 Å². The lowest BCUT2D eigenvalue weighted by atomic mass is 10.1. The fourth-order valence-electron chi connectivity index (χ4n) is 1.59. The summed E-state index contributed by atoms with van der Waals surface area (Å²) in [6, 6.07) is 0. The van der Waals surface area contributed by atoms with Crippen LogP contribution >= 0.6 is 0 Å². The lowest BCUT2D eigenvalue weighted by Crippen LogP contribution is -2.39. The van der Waals surface area contributed by atoms with Crippen LogP contribution in [0.25, 0.3) is 0 Å². The van der Waals surface area contributed by atoms with Crippen molar-refractivity contribution in [1.29, 1.82) is 0 Å². The van der Waals surface area contributed by atoms with Crippen LogP contribution in [0.4, 0.5) is 4.79 Å². The van der Waals surface area contributed by atoms with Crippen molar-refractivity contribution in [2.75, 3.05) is 47.3 Å². The fourth-order valence-corrected chi connectivity index (χ4v) is 1.59. The number of ether oxygens (including phenoxy) is 1. The molecular weight excluding hydrogens is 206 g/mol. The molecule has 0 aromatic heterocycles. The largest absolute Gasteiger partial charge is 0.446 e. The number of piperidine rings is 1. The zero-order chi connectivity index (χ0) is 12.0. The maximum Gasteiger partial charge on any atom is 0.409 e. The Morgan fingerprint density at radius 3 is 2.44 bits per heavy atom. The van der Waals surface area contributed by atoms with Gasteiger partial charge in [-0.3, -0.25) is 0 Å². The predicted octanol–water partition coefficient (Wildman–Crippen LogP) is 0.368. The van der Waals surface area contributed by atoms with Crippen molar-refractivity contribution in [3.8, 4) is 0 Å². The topological polar surface area (TPSA) is 44.8 Å². The first-order chi connectivity index (χ1) is 7.59. The van der Waals surface area contributed by atoms with Gasteiger partial charge in [-0.15, -0.1) is 0 Å². The minimum absolute atomic E-state index is 0.0931. The third-order valence-corrected chi connectivity index (χ3v) is 2.75. The normalized spacial score (nSPS) is 17.5. The molecule has 0 bridgehead atoms. The molecule has 1 aliphatic rings. The van der Waals surface area contributed by atoms with Gasteiger partial charge in [0.1, 0.15) is 6.10 Å². The van der Waals surface area contributed by atoms with Crippen LogP contribution < -0.4 is 5.32 Å². The van der Waals surface area contributed by atoms with E-state index in [0.717, 1.165) is 32.5 Å². The quantitative estimate of drug-likeness (QED) is 0.756. The molecule has 1 aliphatic heterocycles. The highest BCUT2D eigenvalue weighted by Crippen LogP contribution is 2.08. The molecule has 5 heteroatoms. The van der Waals surface area contributed by atoms with Crippen molar-refractivity contribution in [2.45, 2.75) is 18.9 Å². The van der Waals surface area contributed by atoms with Crippen LogP contribution in [0.2, 0.25) is 0 Å². The third-order valence-electron chi connectivity index (χ3n) is 2.75. The van der Waals surface area contributed by atoms with Crippen molar-refractivity contribution >= 4 is 6.09 Å². The summed E-state index contributed by atoms with van der Waals surface area (Å²) in [5.41, 5.74) is 0. The molecule has 0 spiro atoms. The van der Waals surface area contributed by atoms with Crippen LogP contribution in [0.15, 0.2) is 0 Å². The van der Waals surface area contributed by atoms with Gasteiger partial charge in [-0.2, -0.15) is 0 Å². The maximum absolute atomic E-state index is 11.7. The van der Waals surface area contributed by atoms with Crippen LogP contribution in [-0.4, -0.2) is 69.3 Å². The van der Waals surface area contributed by atoms with Gasteiger partial charge in [0.25, 0.3) is 0 Å². The molecule has 94 valence electrons. The first-order valence-electron chi connectivity index (χ1n) is 5.87. The van der Waals surface area contributed by atoms with Crippen LogP contribution in [-0.2, 0) is 4.74 Å². The summed E-state index contributed by atoms with van der Waals surface area (Å²) in [5.74, 6) is 0. The Hall–Kier alpha value is -0.810. The summed E-state index contributed by atoms with van der Waals surface area (Å²) < 4.78 is 5.41.